The van der Waals surface area contributed by atoms with Crippen molar-refractivity contribution in [3.63, 3.8) is 0 Å². The van der Waals surface area contributed by atoms with E-state index in [1.54, 1.807) is 24.4 Å². The molecule has 0 aliphatic heterocycles. The van der Waals surface area contributed by atoms with Gasteiger partial charge >= 0.3 is 0 Å². The maximum Gasteiger partial charge on any atom is 0.251 e. The average molecular weight is 465 g/mol. The molecule has 2 rings (SSSR count). The Bertz CT molecular complexity index is 960. The summed E-state index contributed by atoms with van der Waals surface area (Å²) in [6, 6.07) is 8.90. The summed E-state index contributed by atoms with van der Waals surface area (Å²) in [4.78, 5) is 18.5. The smallest absolute Gasteiger partial charge is 0.251 e. The van der Waals surface area contributed by atoms with Crippen LogP contribution in [0.3, 0.4) is 0 Å². The molecule has 0 saturated heterocycles. The number of aromatic nitrogens is 1. The number of hydrogen-bond donors (Lipinski definition) is 4. The van der Waals surface area contributed by atoms with Gasteiger partial charge in [0, 0.05) is 35.9 Å². The minimum Gasteiger partial charge on any atom is -0.383 e. The van der Waals surface area contributed by atoms with Crippen molar-refractivity contribution in [2.24, 2.45) is 16.8 Å². The molecule has 0 unspecified atom stereocenters. The van der Waals surface area contributed by atoms with Crippen LogP contribution in [0.15, 0.2) is 52.2 Å². The van der Waals surface area contributed by atoms with Crippen LogP contribution in [-0.2, 0) is 0 Å². The molecular formula is C20H26Cl2N8O. The molecule has 31 heavy (non-hydrogen) atoms. The lowest BCUT2D eigenvalue weighted by atomic mass is 10.0. The third-order valence-electron chi connectivity index (χ3n) is 4.32. The zero-order valence-corrected chi connectivity index (χ0v) is 18.9. The fraction of sp³-hybridized carbons (Fsp3) is 0.250. The summed E-state index contributed by atoms with van der Waals surface area (Å²) in [5, 5.41) is 8.13. The molecule has 0 saturated carbocycles. The third-order valence-corrected chi connectivity index (χ3v) is 4.92. The van der Waals surface area contributed by atoms with Gasteiger partial charge in [-0.1, -0.05) is 35.3 Å². The number of nitrogen functional groups attached to an aromatic ring is 1. The van der Waals surface area contributed by atoms with Crippen LogP contribution in [0.1, 0.15) is 15.9 Å². The van der Waals surface area contributed by atoms with Crippen molar-refractivity contribution in [3.05, 3.63) is 58.2 Å². The van der Waals surface area contributed by atoms with Crippen molar-refractivity contribution in [2.45, 2.75) is 0 Å². The Labute approximate surface area is 191 Å². The van der Waals surface area contributed by atoms with Crippen molar-refractivity contribution < 1.29 is 4.79 Å². The zero-order valence-electron chi connectivity index (χ0n) is 17.3. The van der Waals surface area contributed by atoms with E-state index < -0.39 is 0 Å². The molecule has 0 spiro atoms. The van der Waals surface area contributed by atoms with Crippen LogP contribution in [0.5, 0.6) is 0 Å². The lowest BCUT2D eigenvalue weighted by molar-refractivity contribution is 0.0951. The van der Waals surface area contributed by atoms with Gasteiger partial charge in [0.05, 0.1) is 17.1 Å². The van der Waals surface area contributed by atoms with Gasteiger partial charge in [-0.05, 0) is 37.9 Å². The van der Waals surface area contributed by atoms with Gasteiger partial charge in [-0.2, -0.15) is 5.10 Å². The summed E-state index contributed by atoms with van der Waals surface area (Å²) in [5.41, 5.74) is 9.79. The summed E-state index contributed by atoms with van der Waals surface area (Å²) in [5.74, 6) is 11.8. The molecule has 0 bridgehead atoms. The average Bonchev–Trinajstić information content (AvgIpc) is 2.75. The molecule has 0 fully saturated rings. The number of hydrazine groups is 1. The lowest BCUT2D eigenvalue weighted by Crippen LogP contribution is -2.40. The van der Waals surface area contributed by atoms with E-state index in [0.717, 1.165) is 17.7 Å². The maximum absolute atomic E-state index is 12.3. The first kappa shape index (κ1) is 24.4. The van der Waals surface area contributed by atoms with E-state index in [-0.39, 0.29) is 24.1 Å². The lowest BCUT2D eigenvalue weighted by Gasteiger charge is -2.20. The Morgan fingerprint density at radius 2 is 1.94 bits per heavy atom. The molecule has 9 nitrogen and oxygen atoms in total. The van der Waals surface area contributed by atoms with Crippen molar-refractivity contribution >= 4 is 40.8 Å². The molecular weight excluding hydrogens is 439 g/mol. The van der Waals surface area contributed by atoms with E-state index in [1.165, 1.54) is 10.5 Å². The zero-order chi connectivity index (χ0) is 23.0. The number of nitrogens with one attached hydrogen (secondary N) is 1. The number of benzene rings is 1. The summed E-state index contributed by atoms with van der Waals surface area (Å²) in [6.45, 7) is 1.42. The number of rotatable bonds is 8. The van der Waals surface area contributed by atoms with E-state index >= 15 is 0 Å². The Kier molecular flexibility index (Phi) is 9.07. The van der Waals surface area contributed by atoms with E-state index in [0.29, 0.717) is 22.7 Å². The monoisotopic (exact) mass is 464 g/mol. The third kappa shape index (κ3) is 6.83. The highest BCUT2D eigenvalue weighted by atomic mass is 35.5. The van der Waals surface area contributed by atoms with Crippen molar-refractivity contribution in [2.75, 3.05) is 39.5 Å². The Hall–Kier alpha value is -2.85. The summed E-state index contributed by atoms with van der Waals surface area (Å²) in [7, 11) is 3.90. The highest BCUT2D eigenvalue weighted by Gasteiger charge is 2.17. The van der Waals surface area contributed by atoms with Gasteiger partial charge in [-0.25, -0.2) is 10.8 Å². The van der Waals surface area contributed by atoms with Crippen LogP contribution >= 0.6 is 23.2 Å². The van der Waals surface area contributed by atoms with Gasteiger partial charge < -0.3 is 21.8 Å². The molecule has 11 heteroatoms. The number of pyridine rings is 1. The number of nitrogens with zero attached hydrogens (tertiary/aromatic N) is 4. The van der Waals surface area contributed by atoms with E-state index in [1.807, 2.05) is 31.1 Å². The predicted octanol–water partition coefficient (Wildman–Crippen LogP) is 1.74. The fourth-order valence-electron chi connectivity index (χ4n) is 2.69. The summed E-state index contributed by atoms with van der Waals surface area (Å²) in [6.07, 6.45) is 1.62. The van der Waals surface area contributed by atoms with Crippen LogP contribution in [0.4, 0.5) is 5.82 Å². The minimum absolute atomic E-state index is 0.0857. The molecule has 166 valence electrons. The number of nitrogens with two attached hydrogens (primary N) is 3. The van der Waals surface area contributed by atoms with Crippen molar-refractivity contribution in [1.82, 2.24) is 20.2 Å². The number of carbonyl (C=O) groups is 1. The quantitative estimate of drug-likeness (QED) is 0.202. The molecule has 0 aliphatic rings. The van der Waals surface area contributed by atoms with Crippen LogP contribution in [-0.4, -0.2) is 60.4 Å². The van der Waals surface area contributed by atoms with Crippen LogP contribution in [0.25, 0.3) is 11.1 Å². The van der Waals surface area contributed by atoms with Crippen molar-refractivity contribution in [1.29, 1.82) is 0 Å². The fourth-order valence-corrected chi connectivity index (χ4v) is 2.89. The molecule has 0 atom stereocenters. The minimum atomic E-state index is -0.134. The number of carbonyl (C=O) groups excluding carboxylic acids is 1. The summed E-state index contributed by atoms with van der Waals surface area (Å²) >= 11 is 11.5. The van der Waals surface area contributed by atoms with E-state index in [2.05, 4.69) is 15.4 Å². The standard InChI is InChI=1S/C20H26Cl2N8O/c1-29(2)8-7-26-20(31)14-5-3-13(4-6-14)15-9-17(18(23)27-11-15)19(28-24)30(25)12-16(22)10-21/h3-6,9-11H,7-8,12,24-25H2,1-2H3,(H2,23,27)(H,26,31)/b16-10-,28-19-. The highest BCUT2D eigenvalue weighted by Crippen LogP contribution is 2.24. The highest BCUT2D eigenvalue weighted by molar-refractivity contribution is 6.36. The van der Waals surface area contributed by atoms with Gasteiger partial charge in [0.2, 0.25) is 0 Å². The maximum atomic E-state index is 12.3. The summed E-state index contributed by atoms with van der Waals surface area (Å²) < 4.78 is 0. The van der Waals surface area contributed by atoms with E-state index in [4.69, 9.17) is 40.6 Å². The predicted molar refractivity (Wildman–Crippen MR) is 126 cm³/mol. The van der Waals surface area contributed by atoms with Gasteiger partial charge in [0.1, 0.15) is 5.82 Å². The largest absolute Gasteiger partial charge is 0.383 e. The molecule has 7 N–H and O–H groups in total. The number of hydrazone groups is 1. The second kappa shape index (κ2) is 11.5. The second-order valence-electron chi connectivity index (χ2n) is 6.93. The van der Waals surface area contributed by atoms with Gasteiger partial charge in [0.25, 0.3) is 5.91 Å². The number of hydrogen-bond acceptors (Lipinski definition) is 7. The van der Waals surface area contributed by atoms with E-state index in [9.17, 15) is 4.79 Å². The Morgan fingerprint density at radius 3 is 2.52 bits per heavy atom. The number of likely N-dealkylation sites (N-methyl/N-ethyl adjacent to an activating group) is 1. The molecule has 1 amide bonds. The first-order chi connectivity index (χ1) is 14.8. The van der Waals surface area contributed by atoms with Crippen LogP contribution in [0.2, 0.25) is 0 Å². The number of amides is 1. The van der Waals surface area contributed by atoms with Gasteiger partial charge in [-0.15, -0.1) is 0 Å². The van der Waals surface area contributed by atoms with Gasteiger partial charge in [-0.3, -0.25) is 9.80 Å². The molecule has 1 heterocycles. The topological polar surface area (TPSA) is 139 Å². The van der Waals surface area contributed by atoms with Crippen LogP contribution in [0, 0.1) is 0 Å². The normalized spacial score (nSPS) is 12.2. The molecule has 0 radical (unpaired) electrons. The SMILES string of the molecule is CN(C)CCNC(=O)c1ccc(-c2cnc(N)c(/C(=N/N)N(N)C/C(Cl)=C/Cl)c2)cc1. The molecule has 1 aromatic carbocycles. The Balaban J connectivity index is 2.23. The van der Waals surface area contributed by atoms with Gasteiger partial charge in [0.15, 0.2) is 5.84 Å². The number of halogens is 2. The first-order valence-corrected chi connectivity index (χ1v) is 10.1. The first-order valence-electron chi connectivity index (χ1n) is 9.31. The number of anilines is 1. The molecule has 2 aromatic rings. The van der Waals surface area contributed by atoms with Crippen LogP contribution < -0.4 is 22.7 Å². The molecule has 0 aliphatic carbocycles. The van der Waals surface area contributed by atoms with Crippen molar-refractivity contribution in [3.8, 4) is 11.1 Å². The molecule has 1 aromatic heterocycles. The number of amidine groups is 1. The second-order valence-corrected chi connectivity index (χ2v) is 7.63. The Morgan fingerprint density at radius 1 is 1.26 bits per heavy atom.